The topological polar surface area (TPSA) is 21.7 Å². The van der Waals surface area contributed by atoms with Crippen molar-refractivity contribution in [1.29, 1.82) is 0 Å². The largest absolute Gasteiger partial charge is 0.380 e. The molecule has 0 aliphatic carbocycles. The van der Waals surface area contributed by atoms with E-state index < -0.39 is 0 Å². The summed E-state index contributed by atoms with van der Waals surface area (Å²) in [6.07, 6.45) is 0.144. The first-order valence-electron chi connectivity index (χ1n) is 6.47. The molecule has 1 rings (SSSR count). The highest BCUT2D eigenvalue weighted by atomic mass is 35.5. The van der Waals surface area contributed by atoms with E-state index in [0.29, 0.717) is 11.8 Å². The molecule has 0 spiro atoms. The number of hydrogen-bond donors (Lipinski definition) is 0. The van der Waals surface area contributed by atoms with Crippen molar-refractivity contribution in [2.45, 2.75) is 39.4 Å². The van der Waals surface area contributed by atoms with E-state index in [1.165, 1.54) is 0 Å². The molecule has 1 heterocycles. The second kappa shape index (κ2) is 6.93. The minimum Gasteiger partial charge on any atom is -0.380 e. The number of morpholine rings is 1. The molecule has 1 aliphatic heterocycles. The van der Waals surface area contributed by atoms with Gasteiger partial charge in [0, 0.05) is 32.1 Å². The first kappa shape index (κ1) is 15.2. The lowest BCUT2D eigenvalue weighted by atomic mass is 10.1. The van der Waals surface area contributed by atoms with Crippen molar-refractivity contribution in [3.63, 3.8) is 0 Å². The molecule has 0 aromatic rings. The molecule has 1 fully saturated rings. The van der Waals surface area contributed by atoms with Crippen LogP contribution in [0.3, 0.4) is 0 Å². The van der Waals surface area contributed by atoms with Gasteiger partial charge in [0.2, 0.25) is 0 Å². The average molecular weight is 264 g/mol. The van der Waals surface area contributed by atoms with Crippen molar-refractivity contribution in [2.75, 3.05) is 38.7 Å². The van der Waals surface area contributed by atoms with E-state index in [4.69, 9.17) is 21.1 Å². The number of ether oxygens (including phenoxy) is 2. The number of nitrogens with zero attached hydrogens (tertiary/aromatic N) is 1. The maximum Gasteiger partial charge on any atom is 0.0844 e. The van der Waals surface area contributed by atoms with Crippen LogP contribution in [0.5, 0.6) is 0 Å². The van der Waals surface area contributed by atoms with E-state index in [1.54, 1.807) is 0 Å². The highest BCUT2D eigenvalue weighted by Gasteiger charge is 2.32. The lowest BCUT2D eigenvalue weighted by molar-refractivity contribution is -0.130. The molecule has 0 radical (unpaired) electrons. The zero-order valence-electron chi connectivity index (χ0n) is 11.5. The van der Waals surface area contributed by atoms with Crippen LogP contribution in [-0.4, -0.2) is 55.3 Å². The van der Waals surface area contributed by atoms with Crippen LogP contribution in [-0.2, 0) is 9.47 Å². The zero-order valence-corrected chi connectivity index (χ0v) is 12.3. The third-order valence-electron chi connectivity index (χ3n) is 2.73. The smallest absolute Gasteiger partial charge is 0.0844 e. The Hall–Kier alpha value is 0.170. The summed E-state index contributed by atoms with van der Waals surface area (Å²) in [5.41, 5.74) is -0.101. The molecule has 0 N–H and O–H groups in total. The van der Waals surface area contributed by atoms with E-state index in [9.17, 15) is 0 Å². The molecule has 3 nitrogen and oxygen atoms in total. The SMILES string of the molecule is CC(C)COCCN1CC(CCl)OC(C)(C)C1. The van der Waals surface area contributed by atoms with Crippen molar-refractivity contribution >= 4 is 11.6 Å². The molecule has 1 aliphatic rings. The Balaban J connectivity index is 2.27. The lowest BCUT2D eigenvalue weighted by Crippen LogP contribution is -2.54. The van der Waals surface area contributed by atoms with Crippen molar-refractivity contribution in [2.24, 2.45) is 5.92 Å². The van der Waals surface area contributed by atoms with Gasteiger partial charge in [-0.1, -0.05) is 13.8 Å². The molecular weight excluding hydrogens is 238 g/mol. The summed E-state index contributed by atoms with van der Waals surface area (Å²) in [7, 11) is 0. The minimum absolute atomic E-state index is 0.101. The standard InChI is InChI=1S/C13H26ClNO2/c1-11(2)9-16-6-5-15-8-12(7-14)17-13(3,4)10-15/h11-12H,5-10H2,1-4H3. The highest BCUT2D eigenvalue weighted by molar-refractivity contribution is 6.18. The summed E-state index contributed by atoms with van der Waals surface area (Å²) >= 11 is 5.89. The fourth-order valence-electron chi connectivity index (χ4n) is 2.18. The Morgan fingerprint density at radius 1 is 1.47 bits per heavy atom. The van der Waals surface area contributed by atoms with Gasteiger partial charge in [-0.25, -0.2) is 0 Å². The van der Waals surface area contributed by atoms with Gasteiger partial charge in [0.1, 0.15) is 0 Å². The molecule has 1 atom stereocenters. The molecule has 0 aromatic heterocycles. The second-order valence-electron chi connectivity index (χ2n) is 5.86. The molecule has 0 bridgehead atoms. The Labute approximate surface area is 110 Å². The van der Waals surface area contributed by atoms with Gasteiger partial charge in [0.15, 0.2) is 0 Å². The number of halogens is 1. The third-order valence-corrected chi connectivity index (χ3v) is 3.07. The molecule has 1 saturated heterocycles. The molecule has 17 heavy (non-hydrogen) atoms. The van der Waals surface area contributed by atoms with Crippen molar-refractivity contribution in [3.05, 3.63) is 0 Å². The number of alkyl halides is 1. The fourth-order valence-corrected chi connectivity index (χ4v) is 2.34. The summed E-state index contributed by atoms with van der Waals surface area (Å²) in [5.74, 6) is 1.17. The molecular formula is C13H26ClNO2. The summed E-state index contributed by atoms with van der Waals surface area (Å²) in [4.78, 5) is 2.39. The summed E-state index contributed by atoms with van der Waals surface area (Å²) < 4.78 is 11.5. The van der Waals surface area contributed by atoms with Crippen LogP contribution in [0.1, 0.15) is 27.7 Å². The van der Waals surface area contributed by atoms with E-state index in [2.05, 4.69) is 32.6 Å². The molecule has 4 heteroatoms. The molecule has 102 valence electrons. The number of rotatable bonds is 6. The van der Waals surface area contributed by atoms with Crippen LogP contribution in [0, 0.1) is 5.92 Å². The monoisotopic (exact) mass is 263 g/mol. The highest BCUT2D eigenvalue weighted by Crippen LogP contribution is 2.21. The van der Waals surface area contributed by atoms with Crippen LogP contribution in [0.4, 0.5) is 0 Å². The Bertz CT molecular complexity index is 221. The predicted molar refractivity (Wildman–Crippen MR) is 71.8 cm³/mol. The van der Waals surface area contributed by atoms with Crippen molar-refractivity contribution < 1.29 is 9.47 Å². The van der Waals surface area contributed by atoms with Crippen LogP contribution >= 0.6 is 11.6 Å². The van der Waals surface area contributed by atoms with E-state index in [1.807, 2.05) is 0 Å². The van der Waals surface area contributed by atoms with E-state index >= 15 is 0 Å². The van der Waals surface area contributed by atoms with Gasteiger partial charge in [-0.2, -0.15) is 0 Å². The normalized spacial score (nSPS) is 25.4. The Morgan fingerprint density at radius 2 is 2.18 bits per heavy atom. The van der Waals surface area contributed by atoms with Crippen LogP contribution in [0.2, 0.25) is 0 Å². The quantitative estimate of drug-likeness (QED) is 0.543. The maximum absolute atomic E-state index is 5.89. The zero-order chi connectivity index (χ0) is 12.9. The lowest BCUT2D eigenvalue weighted by Gasteiger charge is -2.42. The van der Waals surface area contributed by atoms with Gasteiger partial charge in [-0.3, -0.25) is 4.90 Å². The average Bonchev–Trinajstić information content (AvgIpc) is 2.22. The predicted octanol–water partition coefficient (Wildman–Crippen LogP) is 2.38. The van der Waals surface area contributed by atoms with Gasteiger partial charge >= 0.3 is 0 Å². The van der Waals surface area contributed by atoms with Gasteiger partial charge in [-0.15, -0.1) is 11.6 Å². The van der Waals surface area contributed by atoms with Crippen LogP contribution in [0.25, 0.3) is 0 Å². The van der Waals surface area contributed by atoms with Gasteiger partial charge in [0.05, 0.1) is 18.3 Å². The summed E-state index contributed by atoms with van der Waals surface area (Å²) in [6.45, 7) is 13.0. The van der Waals surface area contributed by atoms with E-state index in [-0.39, 0.29) is 11.7 Å². The van der Waals surface area contributed by atoms with Crippen LogP contribution in [0.15, 0.2) is 0 Å². The molecule has 0 saturated carbocycles. The maximum atomic E-state index is 5.89. The molecule has 0 amide bonds. The van der Waals surface area contributed by atoms with Crippen molar-refractivity contribution in [3.8, 4) is 0 Å². The van der Waals surface area contributed by atoms with Crippen LogP contribution < -0.4 is 0 Å². The van der Waals surface area contributed by atoms with Crippen molar-refractivity contribution in [1.82, 2.24) is 4.90 Å². The fraction of sp³-hybridized carbons (Fsp3) is 1.00. The third kappa shape index (κ3) is 6.05. The molecule has 0 aromatic carbocycles. The minimum atomic E-state index is -0.101. The van der Waals surface area contributed by atoms with Gasteiger partial charge in [0.25, 0.3) is 0 Å². The summed E-state index contributed by atoms with van der Waals surface area (Å²) in [6, 6.07) is 0. The van der Waals surface area contributed by atoms with Gasteiger partial charge < -0.3 is 9.47 Å². The van der Waals surface area contributed by atoms with Gasteiger partial charge in [-0.05, 0) is 19.8 Å². The van der Waals surface area contributed by atoms with E-state index in [0.717, 1.165) is 32.8 Å². The summed E-state index contributed by atoms with van der Waals surface area (Å²) in [5, 5.41) is 0. The second-order valence-corrected chi connectivity index (χ2v) is 6.17. The Morgan fingerprint density at radius 3 is 2.76 bits per heavy atom. The number of hydrogen-bond acceptors (Lipinski definition) is 3. The Kier molecular flexibility index (Phi) is 6.21. The first-order valence-corrected chi connectivity index (χ1v) is 7.00. The molecule has 1 unspecified atom stereocenters. The first-order chi connectivity index (χ1) is 7.93.